The number of carbonyl (C=O) groups excluding carboxylic acids is 1. The van der Waals surface area contributed by atoms with Gasteiger partial charge in [-0.05, 0) is 30.3 Å². The first-order valence-corrected chi connectivity index (χ1v) is 7.32. The second kappa shape index (κ2) is 6.68. The molecule has 1 aromatic rings. The fourth-order valence-corrected chi connectivity index (χ4v) is 2.51. The number of anilines is 1. The number of rotatable bonds is 6. The molecule has 0 saturated carbocycles. The Balaban J connectivity index is 1.79. The van der Waals surface area contributed by atoms with Crippen molar-refractivity contribution < 1.29 is 14.3 Å². The van der Waals surface area contributed by atoms with Gasteiger partial charge in [-0.2, -0.15) is 11.8 Å². The Kier molecular flexibility index (Phi) is 4.93. The van der Waals surface area contributed by atoms with Crippen LogP contribution in [0.2, 0.25) is 0 Å². The Bertz CT molecular complexity index is 454. The number of hydrogen-bond acceptors (Lipinski definition) is 5. The van der Waals surface area contributed by atoms with Crippen LogP contribution in [0.15, 0.2) is 18.2 Å². The fourth-order valence-electron chi connectivity index (χ4n) is 1.59. The summed E-state index contributed by atoms with van der Waals surface area (Å²) in [7, 11) is 0. The first kappa shape index (κ1) is 14.0. The molecule has 1 amide bonds. The number of nitrogens with two attached hydrogens (primary N) is 1. The monoisotopic (exact) mass is 282 g/mol. The van der Waals surface area contributed by atoms with Crippen molar-refractivity contribution in [2.75, 3.05) is 30.2 Å². The van der Waals surface area contributed by atoms with Crippen molar-refractivity contribution in [3.63, 3.8) is 0 Å². The van der Waals surface area contributed by atoms with Gasteiger partial charge in [0.15, 0.2) is 11.5 Å². The van der Waals surface area contributed by atoms with Crippen molar-refractivity contribution in [2.24, 2.45) is 11.7 Å². The largest absolute Gasteiger partial charge is 0.454 e. The van der Waals surface area contributed by atoms with Gasteiger partial charge >= 0.3 is 0 Å². The van der Waals surface area contributed by atoms with Gasteiger partial charge in [-0.3, -0.25) is 4.79 Å². The van der Waals surface area contributed by atoms with Crippen LogP contribution in [0.25, 0.3) is 0 Å². The summed E-state index contributed by atoms with van der Waals surface area (Å²) in [6, 6.07) is 5.37. The smallest absolute Gasteiger partial charge is 0.234 e. The van der Waals surface area contributed by atoms with Gasteiger partial charge in [0.25, 0.3) is 0 Å². The molecule has 0 saturated heterocycles. The fraction of sp³-hybridized carbons (Fsp3) is 0.462. The second-order valence-corrected chi connectivity index (χ2v) is 5.50. The Morgan fingerprint density at radius 2 is 2.26 bits per heavy atom. The standard InChI is InChI=1S/C13H18N2O3S/c1-9(5-14)6-19-7-13(16)15-10-2-3-11-12(4-10)18-8-17-11/h2-4,9H,5-8,14H2,1H3,(H,15,16). The SMILES string of the molecule is CC(CN)CSCC(=O)Nc1ccc2c(c1)OCO2. The zero-order chi connectivity index (χ0) is 13.7. The molecule has 0 fully saturated rings. The van der Waals surface area contributed by atoms with Crippen LogP contribution < -0.4 is 20.5 Å². The molecular weight excluding hydrogens is 264 g/mol. The maximum absolute atomic E-state index is 11.7. The zero-order valence-electron chi connectivity index (χ0n) is 10.8. The molecule has 1 atom stereocenters. The van der Waals surface area contributed by atoms with Gasteiger partial charge in [-0.1, -0.05) is 6.92 Å². The molecule has 3 N–H and O–H groups in total. The molecule has 1 aliphatic rings. The third-order valence-electron chi connectivity index (χ3n) is 2.69. The molecule has 19 heavy (non-hydrogen) atoms. The summed E-state index contributed by atoms with van der Waals surface area (Å²) in [6.45, 7) is 2.96. The van der Waals surface area contributed by atoms with Crippen molar-refractivity contribution >= 4 is 23.4 Å². The van der Waals surface area contributed by atoms with E-state index in [1.807, 2.05) is 0 Å². The van der Waals surface area contributed by atoms with Crippen molar-refractivity contribution in [1.29, 1.82) is 0 Å². The Morgan fingerprint density at radius 3 is 3.05 bits per heavy atom. The number of fused-ring (bicyclic) bond motifs is 1. The molecule has 0 radical (unpaired) electrons. The van der Waals surface area contributed by atoms with E-state index in [1.165, 1.54) is 0 Å². The quantitative estimate of drug-likeness (QED) is 0.830. The van der Waals surface area contributed by atoms with Crippen LogP contribution in [0.3, 0.4) is 0 Å². The van der Waals surface area contributed by atoms with Gasteiger partial charge in [0.05, 0.1) is 5.75 Å². The Labute approximate surface area is 116 Å². The van der Waals surface area contributed by atoms with E-state index in [0.29, 0.717) is 29.7 Å². The van der Waals surface area contributed by atoms with Crippen molar-refractivity contribution in [2.45, 2.75) is 6.92 Å². The summed E-state index contributed by atoms with van der Waals surface area (Å²) in [6.07, 6.45) is 0. The molecule has 1 aliphatic heterocycles. The van der Waals surface area contributed by atoms with Crippen LogP contribution in [-0.4, -0.2) is 30.8 Å². The van der Waals surface area contributed by atoms with Crippen molar-refractivity contribution in [1.82, 2.24) is 0 Å². The third kappa shape index (κ3) is 4.04. The molecule has 0 aromatic heterocycles. The molecule has 1 unspecified atom stereocenters. The summed E-state index contributed by atoms with van der Waals surface area (Å²) in [5, 5.41) is 2.84. The highest BCUT2D eigenvalue weighted by atomic mass is 32.2. The Morgan fingerprint density at radius 1 is 1.47 bits per heavy atom. The van der Waals surface area contributed by atoms with Gasteiger partial charge in [-0.25, -0.2) is 0 Å². The van der Waals surface area contributed by atoms with Crippen LogP contribution in [0, 0.1) is 5.92 Å². The Hall–Kier alpha value is -1.40. The molecule has 0 aliphatic carbocycles. The van der Waals surface area contributed by atoms with E-state index in [4.69, 9.17) is 15.2 Å². The number of amides is 1. The van der Waals surface area contributed by atoms with Crippen LogP contribution in [0.1, 0.15) is 6.92 Å². The van der Waals surface area contributed by atoms with E-state index < -0.39 is 0 Å². The summed E-state index contributed by atoms with van der Waals surface area (Å²) >= 11 is 1.59. The maximum Gasteiger partial charge on any atom is 0.234 e. The molecule has 2 rings (SSSR count). The topological polar surface area (TPSA) is 73.6 Å². The van der Waals surface area contributed by atoms with Crippen molar-refractivity contribution in [3.8, 4) is 11.5 Å². The average Bonchev–Trinajstić information content (AvgIpc) is 2.85. The van der Waals surface area contributed by atoms with Gasteiger partial charge < -0.3 is 20.5 Å². The predicted molar refractivity (Wildman–Crippen MR) is 76.7 cm³/mol. The molecule has 0 spiro atoms. The highest BCUT2D eigenvalue weighted by Gasteiger charge is 2.14. The summed E-state index contributed by atoms with van der Waals surface area (Å²) in [4.78, 5) is 11.7. The lowest BCUT2D eigenvalue weighted by molar-refractivity contribution is -0.113. The number of thioether (sulfide) groups is 1. The molecule has 5 nitrogen and oxygen atoms in total. The average molecular weight is 282 g/mol. The van der Waals surface area contributed by atoms with Crippen LogP contribution in [0.5, 0.6) is 11.5 Å². The van der Waals surface area contributed by atoms with Gasteiger partial charge in [0, 0.05) is 11.8 Å². The molecule has 1 heterocycles. The summed E-state index contributed by atoms with van der Waals surface area (Å²) in [5.41, 5.74) is 6.25. The van der Waals surface area contributed by atoms with E-state index >= 15 is 0 Å². The van der Waals surface area contributed by atoms with Crippen LogP contribution in [-0.2, 0) is 4.79 Å². The van der Waals surface area contributed by atoms with Gasteiger partial charge in [-0.15, -0.1) is 0 Å². The minimum absolute atomic E-state index is 0.0203. The van der Waals surface area contributed by atoms with Crippen LogP contribution in [0.4, 0.5) is 5.69 Å². The van der Waals surface area contributed by atoms with E-state index in [0.717, 1.165) is 11.4 Å². The summed E-state index contributed by atoms with van der Waals surface area (Å²) in [5.74, 6) is 3.12. The van der Waals surface area contributed by atoms with E-state index in [-0.39, 0.29) is 12.7 Å². The first-order valence-electron chi connectivity index (χ1n) is 6.16. The highest BCUT2D eigenvalue weighted by molar-refractivity contribution is 7.99. The van der Waals surface area contributed by atoms with E-state index in [1.54, 1.807) is 30.0 Å². The van der Waals surface area contributed by atoms with Crippen molar-refractivity contribution in [3.05, 3.63) is 18.2 Å². The third-order valence-corrected chi connectivity index (χ3v) is 3.97. The number of benzene rings is 1. The molecule has 0 bridgehead atoms. The molecule has 1 aromatic carbocycles. The number of hydrogen-bond donors (Lipinski definition) is 2. The lowest BCUT2D eigenvalue weighted by Gasteiger charge is -2.08. The maximum atomic E-state index is 11.7. The van der Waals surface area contributed by atoms with E-state index in [9.17, 15) is 4.79 Å². The molecule has 6 heteroatoms. The minimum atomic E-state index is -0.0203. The minimum Gasteiger partial charge on any atom is -0.454 e. The highest BCUT2D eigenvalue weighted by Crippen LogP contribution is 2.34. The molecular formula is C13H18N2O3S. The lowest BCUT2D eigenvalue weighted by Crippen LogP contribution is -2.17. The normalized spacial score (nSPS) is 14.2. The van der Waals surface area contributed by atoms with Gasteiger partial charge in [0.2, 0.25) is 12.7 Å². The second-order valence-electron chi connectivity index (χ2n) is 4.47. The van der Waals surface area contributed by atoms with Gasteiger partial charge in [0.1, 0.15) is 0 Å². The molecule has 104 valence electrons. The number of carbonyl (C=O) groups is 1. The first-order chi connectivity index (χ1) is 9.19. The zero-order valence-corrected chi connectivity index (χ0v) is 11.7. The van der Waals surface area contributed by atoms with E-state index in [2.05, 4.69) is 12.2 Å². The number of ether oxygens (including phenoxy) is 2. The van der Waals surface area contributed by atoms with Crippen LogP contribution >= 0.6 is 11.8 Å². The lowest BCUT2D eigenvalue weighted by atomic mass is 10.2. The summed E-state index contributed by atoms with van der Waals surface area (Å²) < 4.78 is 10.5. The predicted octanol–water partition coefficient (Wildman–Crippen LogP) is 1.68. The number of nitrogens with one attached hydrogen (secondary N) is 1.